The Morgan fingerprint density at radius 2 is 2.14 bits per heavy atom. The zero-order chi connectivity index (χ0) is 15.4. The maximum atomic E-state index is 6.06. The van der Waals surface area contributed by atoms with E-state index < -0.39 is 0 Å². The molecule has 1 unspecified atom stereocenters. The fourth-order valence-electron chi connectivity index (χ4n) is 2.18. The van der Waals surface area contributed by atoms with Gasteiger partial charge in [0.05, 0.1) is 6.04 Å². The number of anilines is 1. The molecule has 0 spiro atoms. The van der Waals surface area contributed by atoms with Crippen molar-refractivity contribution >= 4 is 17.5 Å². The van der Waals surface area contributed by atoms with Crippen molar-refractivity contribution in [3.63, 3.8) is 0 Å². The third-order valence-electron chi connectivity index (χ3n) is 3.66. The Balaban J connectivity index is 2.23. The third kappa shape index (κ3) is 3.71. The predicted molar refractivity (Wildman–Crippen MR) is 87.8 cm³/mol. The second-order valence-electron chi connectivity index (χ2n) is 5.15. The minimum atomic E-state index is 0.151. The maximum Gasteiger partial charge on any atom is 0.225 e. The van der Waals surface area contributed by atoms with Crippen molar-refractivity contribution in [2.45, 2.75) is 26.4 Å². The monoisotopic (exact) mass is 304 g/mol. The van der Waals surface area contributed by atoms with Crippen molar-refractivity contribution in [3.8, 4) is 0 Å². The fraction of sp³-hybridized carbons (Fsp3) is 0.375. The Labute approximate surface area is 131 Å². The van der Waals surface area contributed by atoms with Crippen LogP contribution in [-0.2, 0) is 6.54 Å². The van der Waals surface area contributed by atoms with Crippen LogP contribution in [0.2, 0.25) is 5.02 Å². The number of hydrogen-bond donors (Lipinski definition) is 1. The van der Waals surface area contributed by atoms with Crippen molar-refractivity contribution in [1.82, 2.24) is 15.3 Å². The first-order valence-electron chi connectivity index (χ1n) is 6.98. The van der Waals surface area contributed by atoms with Crippen molar-refractivity contribution in [2.24, 2.45) is 0 Å². The SMILES string of the molecule is CNCc1cnc(N(C)C(C)c2cccc(Cl)c2)nc1C. The number of nitrogens with zero attached hydrogens (tertiary/aromatic N) is 3. The Morgan fingerprint density at radius 3 is 2.76 bits per heavy atom. The molecule has 0 aliphatic rings. The first-order valence-corrected chi connectivity index (χ1v) is 7.36. The van der Waals surface area contributed by atoms with Gasteiger partial charge in [0.2, 0.25) is 5.95 Å². The number of aromatic nitrogens is 2. The lowest BCUT2D eigenvalue weighted by Gasteiger charge is -2.26. The molecule has 2 aromatic rings. The van der Waals surface area contributed by atoms with E-state index in [1.807, 2.05) is 45.4 Å². The topological polar surface area (TPSA) is 41.1 Å². The van der Waals surface area contributed by atoms with Crippen LogP contribution in [0.15, 0.2) is 30.5 Å². The Bertz CT molecular complexity index is 615. The number of halogens is 1. The van der Waals surface area contributed by atoms with Gasteiger partial charge in [-0.3, -0.25) is 0 Å². The molecule has 0 radical (unpaired) electrons. The van der Waals surface area contributed by atoms with Gasteiger partial charge < -0.3 is 10.2 Å². The molecule has 1 aromatic heterocycles. The van der Waals surface area contributed by atoms with E-state index in [-0.39, 0.29) is 6.04 Å². The second kappa shape index (κ2) is 6.87. The van der Waals surface area contributed by atoms with Crippen LogP contribution in [-0.4, -0.2) is 24.1 Å². The molecule has 4 nitrogen and oxygen atoms in total. The zero-order valence-electron chi connectivity index (χ0n) is 12.9. The van der Waals surface area contributed by atoms with E-state index in [1.54, 1.807) is 0 Å². The summed E-state index contributed by atoms with van der Waals surface area (Å²) in [4.78, 5) is 11.1. The summed E-state index contributed by atoms with van der Waals surface area (Å²) in [5.41, 5.74) is 3.26. The Kier molecular flexibility index (Phi) is 5.15. The summed E-state index contributed by atoms with van der Waals surface area (Å²) in [5.74, 6) is 0.722. The van der Waals surface area contributed by atoms with Crippen molar-refractivity contribution in [3.05, 3.63) is 52.3 Å². The molecule has 0 aliphatic carbocycles. The highest BCUT2D eigenvalue weighted by Gasteiger charge is 2.15. The van der Waals surface area contributed by atoms with E-state index in [2.05, 4.69) is 33.2 Å². The lowest BCUT2D eigenvalue weighted by atomic mass is 10.1. The molecule has 1 N–H and O–H groups in total. The molecule has 0 saturated heterocycles. The first kappa shape index (κ1) is 15.7. The molecule has 0 amide bonds. The maximum absolute atomic E-state index is 6.06. The summed E-state index contributed by atoms with van der Waals surface area (Å²) in [6, 6.07) is 8.04. The minimum absolute atomic E-state index is 0.151. The largest absolute Gasteiger partial charge is 0.337 e. The summed E-state index contributed by atoms with van der Waals surface area (Å²) in [6.07, 6.45) is 1.88. The van der Waals surface area contributed by atoms with Crippen LogP contribution in [0.4, 0.5) is 5.95 Å². The van der Waals surface area contributed by atoms with Crippen LogP contribution in [0, 0.1) is 6.92 Å². The van der Waals surface area contributed by atoms with Crippen LogP contribution in [0.1, 0.15) is 29.8 Å². The molecule has 21 heavy (non-hydrogen) atoms. The summed E-state index contributed by atoms with van der Waals surface area (Å²) < 4.78 is 0. The lowest BCUT2D eigenvalue weighted by molar-refractivity contribution is 0.707. The van der Waals surface area contributed by atoms with Gasteiger partial charge >= 0.3 is 0 Å². The van der Waals surface area contributed by atoms with E-state index in [4.69, 9.17) is 11.6 Å². The summed E-state index contributed by atoms with van der Waals surface area (Å²) in [6.45, 7) is 4.90. The lowest BCUT2D eigenvalue weighted by Crippen LogP contribution is -2.24. The summed E-state index contributed by atoms with van der Waals surface area (Å²) in [5, 5.41) is 3.86. The molecule has 0 fully saturated rings. The number of hydrogen-bond acceptors (Lipinski definition) is 4. The van der Waals surface area contributed by atoms with Crippen molar-refractivity contribution in [2.75, 3.05) is 19.0 Å². The van der Waals surface area contributed by atoms with Crippen LogP contribution in [0.25, 0.3) is 0 Å². The van der Waals surface area contributed by atoms with E-state index >= 15 is 0 Å². The predicted octanol–water partition coefficient (Wildman–Crippen LogP) is 3.36. The molecule has 1 heterocycles. The average molecular weight is 305 g/mol. The first-order chi connectivity index (χ1) is 10.0. The number of aryl methyl sites for hydroxylation is 1. The molecule has 5 heteroatoms. The molecule has 0 saturated carbocycles. The van der Waals surface area contributed by atoms with Crippen LogP contribution < -0.4 is 10.2 Å². The van der Waals surface area contributed by atoms with E-state index in [1.165, 1.54) is 0 Å². The summed E-state index contributed by atoms with van der Waals surface area (Å²) >= 11 is 6.06. The highest BCUT2D eigenvalue weighted by Crippen LogP contribution is 2.25. The van der Waals surface area contributed by atoms with Gasteiger partial charge in [0.25, 0.3) is 0 Å². The van der Waals surface area contributed by atoms with Gasteiger partial charge in [0.1, 0.15) is 0 Å². The molecule has 1 aromatic carbocycles. The van der Waals surface area contributed by atoms with E-state index in [0.29, 0.717) is 0 Å². The normalized spacial score (nSPS) is 12.2. The van der Waals surface area contributed by atoms with Gasteiger partial charge in [-0.1, -0.05) is 23.7 Å². The zero-order valence-corrected chi connectivity index (χ0v) is 13.6. The van der Waals surface area contributed by atoms with Gasteiger partial charge in [0.15, 0.2) is 0 Å². The van der Waals surface area contributed by atoms with Crippen molar-refractivity contribution < 1.29 is 0 Å². The number of rotatable bonds is 5. The van der Waals surface area contributed by atoms with Crippen LogP contribution in [0.5, 0.6) is 0 Å². The van der Waals surface area contributed by atoms with E-state index in [9.17, 15) is 0 Å². The van der Waals surface area contributed by atoms with Gasteiger partial charge in [-0.15, -0.1) is 0 Å². The molecule has 0 bridgehead atoms. The molecule has 1 atom stereocenters. The highest BCUT2D eigenvalue weighted by atomic mass is 35.5. The Morgan fingerprint density at radius 1 is 1.38 bits per heavy atom. The van der Waals surface area contributed by atoms with Gasteiger partial charge in [0, 0.05) is 36.1 Å². The molecular weight excluding hydrogens is 284 g/mol. The van der Waals surface area contributed by atoms with E-state index in [0.717, 1.165) is 34.3 Å². The molecule has 2 rings (SSSR count). The number of benzene rings is 1. The highest BCUT2D eigenvalue weighted by molar-refractivity contribution is 6.30. The average Bonchev–Trinajstić information content (AvgIpc) is 2.48. The molecule has 112 valence electrons. The van der Waals surface area contributed by atoms with Gasteiger partial charge in [-0.2, -0.15) is 0 Å². The van der Waals surface area contributed by atoms with Crippen LogP contribution >= 0.6 is 11.6 Å². The minimum Gasteiger partial charge on any atom is -0.337 e. The summed E-state index contributed by atoms with van der Waals surface area (Å²) in [7, 11) is 3.92. The quantitative estimate of drug-likeness (QED) is 0.919. The second-order valence-corrected chi connectivity index (χ2v) is 5.59. The molecule has 0 aliphatic heterocycles. The van der Waals surface area contributed by atoms with Gasteiger partial charge in [-0.25, -0.2) is 9.97 Å². The third-order valence-corrected chi connectivity index (χ3v) is 3.90. The van der Waals surface area contributed by atoms with Gasteiger partial charge in [-0.05, 0) is 38.6 Å². The van der Waals surface area contributed by atoms with Crippen molar-refractivity contribution in [1.29, 1.82) is 0 Å². The number of nitrogens with one attached hydrogen (secondary N) is 1. The Hall–Kier alpha value is -1.65. The molecular formula is C16H21ClN4. The van der Waals surface area contributed by atoms with Crippen LogP contribution in [0.3, 0.4) is 0 Å². The fourth-order valence-corrected chi connectivity index (χ4v) is 2.38. The standard InChI is InChI=1S/C16H21ClN4/c1-11-14(9-18-3)10-19-16(20-11)21(4)12(2)13-6-5-7-15(17)8-13/h5-8,10,12,18H,9H2,1-4H3. The smallest absolute Gasteiger partial charge is 0.225 e.